The van der Waals surface area contributed by atoms with Crippen molar-refractivity contribution in [3.05, 3.63) is 95.9 Å². The molecule has 2 amide bonds. The number of urea groups is 1. The van der Waals surface area contributed by atoms with Gasteiger partial charge in [0, 0.05) is 35.6 Å². The quantitative estimate of drug-likeness (QED) is 0.385. The number of methoxy groups -OCH3 is 2. The van der Waals surface area contributed by atoms with Crippen LogP contribution in [0.1, 0.15) is 17.0 Å². The Balaban J connectivity index is 1.54. The first-order valence-corrected chi connectivity index (χ1v) is 10.8. The predicted octanol–water partition coefficient (Wildman–Crippen LogP) is 5.27. The molecule has 8 heteroatoms. The standard InChI is InChI=1S/C27H23N5O3/c1-34-23-13-18(12-22(16-23)31-27(33)30-21-6-4-3-5-7-21)14-26-29-11-10-24(32-26)19-8-9-25(35-2)20(15-19)17-28/h3-13,15-16H,14H2,1-2H3,(H2,30,31,33). The Bertz CT molecular complexity index is 1380. The number of ether oxygens (including phenoxy) is 2. The number of carbonyl (C=O) groups is 1. The zero-order valence-electron chi connectivity index (χ0n) is 19.3. The van der Waals surface area contributed by atoms with Crippen LogP contribution in [-0.4, -0.2) is 30.2 Å². The molecule has 0 saturated carbocycles. The van der Waals surface area contributed by atoms with E-state index in [2.05, 4.69) is 26.7 Å². The minimum atomic E-state index is -0.360. The molecule has 0 saturated heterocycles. The molecule has 0 fully saturated rings. The predicted molar refractivity (Wildman–Crippen MR) is 134 cm³/mol. The van der Waals surface area contributed by atoms with Crippen LogP contribution in [0, 0.1) is 11.3 Å². The zero-order valence-corrected chi connectivity index (χ0v) is 19.3. The van der Waals surface area contributed by atoms with E-state index in [0.717, 1.165) is 11.1 Å². The summed E-state index contributed by atoms with van der Waals surface area (Å²) in [5.74, 6) is 1.70. The van der Waals surface area contributed by atoms with Crippen molar-refractivity contribution in [1.29, 1.82) is 5.26 Å². The van der Waals surface area contributed by atoms with Crippen molar-refractivity contribution in [2.45, 2.75) is 6.42 Å². The first-order valence-electron chi connectivity index (χ1n) is 10.8. The molecule has 0 radical (unpaired) electrons. The van der Waals surface area contributed by atoms with E-state index < -0.39 is 0 Å². The Kier molecular flexibility index (Phi) is 7.19. The lowest BCUT2D eigenvalue weighted by atomic mass is 10.1. The number of aromatic nitrogens is 2. The van der Waals surface area contributed by atoms with Crippen LogP contribution in [0.2, 0.25) is 0 Å². The number of benzene rings is 3. The van der Waals surface area contributed by atoms with Crippen molar-refractivity contribution in [3.8, 4) is 28.8 Å². The van der Waals surface area contributed by atoms with E-state index in [-0.39, 0.29) is 6.03 Å². The molecule has 1 heterocycles. The maximum Gasteiger partial charge on any atom is 0.323 e. The van der Waals surface area contributed by atoms with E-state index in [9.17, 15) is 10.1 Å². The Morgan fingerprint density at radius 2 is 1.74 bits per heavy atom. The van der Waals surface area contributed by atoms with Crippen molar-refractivity contribution in [2.75, 3.05) is 24.9 Å². The molecule has 3 aromatic carbocycles. The Labute approximate surface area is 203 Å². The number of hydrogen-bond donors (Lipinski definition) is 2. The van der Waals surface area contributed by atoms with Crippen molar-refractivity contribution < 1.29 is 14.3 Å². The number of para-hydroxylation sites is 1. The number of amides is 2. The van der Waals surface area contributed by atoms with Gasteiger partial charge in [0.05, 0.1) is 25.5 Å². The van der Waals surface area contributed by atoms with Crippen LogP contribution >= 0.6 is 0 Å². The summed E-state index contributed by atoms with van der Waals surface area (Å²) >= 11 is 0. The van der Waals surface area contributed by atoms with Gasteiger partial charge in [-0.3, -0.25) is 0 Å². The van der Waals surface area contributed by atoms with E-state index in [4.69, 9.17) is 9.47 Å². The molecule has 4 aromatic rings. The molecular weight excluding hydrogens is 442 g/mol. The lowest BCUT2D eigenvalue weighted by Gasteiger charge is -2.12. The fourth-order valence-corrected chi connectivity index (χ4v) is 3.55. The molecule has 0 aliphatic rings. The van der Waals surface area contributed by atoms with Gasteiger partial charge in [0.15, 0.2) is 0 Å². The van der Waals surface area contributed by atoms with Crippen molar-refractivity contribution in [1.82, 2.24) is 9.97 Å². The van der Waals surface area contributed by atoms with Crippen LogP contribution in [0.15, 0.2) is 79.0 Å². The van der Waals surface area contributed by atoms with Gasteiger partial charge in [-0.1, -0.05) is 18.2 Å². The van der Waals surface area contributed by atoms with Gasteiger partial charge in [-0.2, -0.15) is 5.26 Å². The molecule has 174 valence electrons. The lowest BCUT2D eigenvalue weighted by molar-refractivity contribution is 0.262. The number of rotatable bonds is 7. The third kappa shape index (κ3) is 5.92. The molecule has 35 heavy (non-hydrogen) atoms. The molecule has 0 atom stereocenters. The maximum atomic E-state index is 12.4. The highest BCUT2D eigenvalue weighted by atomic mass is 16.5. The van der Waals surface area contributed by atoms with Gasteiger partial charge in [-0.15, -0.1) is 0 Å². The molecule has 0 aliphatic carbocycles. The van der Waals surface area contributed by atoms with Crippen molar-refractivity contribution in [3.63, 3.8) is 0 Å². The molecule has 4 rings (SSSR count). The second kappa shape index (κ2) is 10.8. The number of hydrogen-bond acceptors (Lipinski definition) is 6. The summed E-state index contributed by atoms with van der Waals surface area (Å²) in [4.78, 5) is 21.5. The number of nitriles is 1. The second-order valence-electron chi connectivity index (χ2n) is 7.58. The molecule has 0 spiro atoms. The Morgan fingerprint density at radius 3 is 2.49 bits per heavy atom. The van der Waals surface area contributed by atoms with Gasteiger partial charge in [-0.25, -0.2) is 14.8 Å². The van der Waals surface area contributed by atoms with E-state index in [1.807, 2.05) is 48.5 Å². The van der Waals surface area contributed by atoms with Crippen LogP contribution in [0.3, 0.4) is 0 Å². The highest BCUT2D eigenvalue weighted by Gasteiger charge is 2.10. The fraction of sp³-hybridized carbons (Fsp3) is 0.111. The lowest BCUT2D eigenvalue weighted by Crippen LogP contribution is -2.19. The molecule has 1 aromatic heterocycles. The SMILES string of the molecule is COc1cc(Cc2nccc(-c3ccc(OC)c(C#N)c3)n2)cc(NC(=O)Nc2ccccc2)c1. The average Bonchev–Trinajstić information content (AvgIpc) is 2.88. The van der Waals surface area contributed by atoms with Gasteiger partial charge in [0.2, 0.25) is 0 Å². The van der Waals surface area contributed by atoms with Crippen LogP contribution in [0.25, 0.3) is 11.3 Å². The van der Waals surface area contributed by atoms with E-state index in [1.54, 1.807) is 37.6 Å². The summed E-state index contributed by atoms with van der Waals surface area (Å²) in [6, 6.07) is 23.6. The fourth-order valence-electron chi connectivity index (χ4n) is 3.55. The summed E-state index contributed by atoms with van der Waals surface area (Å²) in [6.45, 7) is 0. The zero-order chi connectivity index (χ0) is 24.6. The summed E-state index contributed by atoms with van der Waals surface area (Å²) in [7, 11) is 3.10. The third-order valence-electron chi connectivity index (χ3n) is 5.17. The molecule has 0 aliphatic heterocycles. The van der Waals surface area contributed by atoms with Gasteiger partial charge in [0.25, 0.3) is 0 Å². The van der Waals surface area contributed by atoms with E-state index in [1.165, 1.54) is 7.11 Å². The van der Waals surface area contributed by atoms with Crippen LogP contribution in [0.4, 0.5) is 16.2 Å². The number of nitrogens with zero attached hydrogens (tertiary/aromatic N) is 3. The van der Waals surface area contributed by atoms with E-state index in [0.29, 0.717) is 46.4 Å². The summed E-state index contributed by atoms with van der Waals surface area (Å²) < 4.78 is 10.6. The highest BCUT2D eigenvalue weighted by Crippen LogP contribution is 2.26. The first kappa shape index (κ1) is 23.3. The maximum absolute atomic E-state index is 12.4. The van der Waals surface area contributed by atoms with Crippen molar-refractivity contribution >= 4 is 17.4 Å². The first-order chi connectivity index (χ1) is 17.1. The van der Waals surface area contributed by atoms with Crippen LogP contribution in [0.5, 0.6) is 11.5 Å². The monoisotopic (exact) mass is 465 g/mol. The molecule has 8 nitrogen and oxygen atoms in total. The molecule has 0 unspecified atom stereocenters. The number of anilines is 2. The normalized spacial score (nSPS) is 10.2. The van der Waals surface area contributed by atoms with E-state index >= 15 is 0 Å². The van der Waals surface area contributed by atoms with Gasteiger partial charge >= 0.3 is 6.03 Å². The summed E-state index contributed by atoms with van der Waals surface area (Å²) in [5, 5.41) is 15.0. The minimum absolute atomic E-state index is 0.360. The number of nitrogens with one attached hydrogen (secondary N) is 2. The van der Waals surface area contributed by atoms with Crippen LogP contribution < -0.4 is 20.1 Å². The van der Waals surface area contributed by atoms with Crippen molar-refractivity contribution in [2.24, 2.45) is 0 Å². The van der Waals surface area contributed by atoms with Gasteiger partial charge in [0.1, 0.15) is 23.4 Å². The Morgan fingerprint density at radius 1 is 0.943 bits per heavy atom. The smallest absolute Gasteiger partial charge is 0.323 e. The van der Waals surface area contributed by atoms with Gasteiger partial charge < -0.3 is 20.1 Å². The highest BCUT2D eigenvalue weighted by molar-refractivity contribution is 5.99. The topological polar surface area (TPSA) is 109 Å². The minimum Gasteiger partial charge on any atom is -0.497 e. The van der Waals surface area contributed by atoms with Gasteiger partial charge in [-0.05, 0) is 54.1 Å². The summed E-state index contributed by atoms with van der Waals surface area (Å²) in [5.41, 5.74) is 4.05. The molecule has 2 N–H and O–H groups in total. The average molecular weight is 466 g/mol. The third-order valence-corrected chi connectivity index (χ3v) is 5.17. The second-order valence-corrected chi connectivity index (χ2v) is 7.58. The summed E-state index contributed by atoms with van der Waals surface area (Å²) in [6.07, 6.45) is 2.10. The van der Waals surface area contributed by atoms with Crippen LogP contribution in [-0.2, 0) is 6.42 Å². The largest absolute Gasteiger partial charge is 0.497 e. The number of carbonyl (C=O) groups excluding carboxylic acids is 1. The molecule has 0 bridgehead atoms. The molecular formula is C27H23N5O3. The Hall–Kier alpha value is -4.90.